The molecule has 6 rings (SSSR count). The van der Waals surface area contributed by atoms with Crippen molar-refractivity contribution in [1.82, 2.24) is 24.9 Å². The molecule has 2 N–H and O–H groups in total. The molecule has 4 atom stereocenters. The Morgan fingerprint density at radius 1 is 1.28 bits per heavy atom. The molecule has 172 valence electrons. The fourth-order valence-electron chi connectivity index (χ4n) is 6.32. The van der Waals surface area contributed by atoms with Crippen molar-refractivity contribution in [3.63, 3.8) is 0 Å². The van der Waals surface area contributed by atoms with Gasteiger partial charge in [0, 0.05) is 38.4 Å². The van der Waals surface area contributed by atoms with Crippen LogP contribution in [0.5, 0.6) is 0 Å². The smallest absolute Gasteiger partial charge is 0.268 e. The van der Waals surface area contributed by atoms with Gasteiger partial charge in [0.25, 0.3) is 5.91 Å². The molecule has 32 heavy (non-hydrogen) atoms. The number of aromatic nitrogens is 2. The zero-order valence-electron chi connectivity index (χ0n) is 19.4. The topological polar surface area (TPSA) is 78.7 Å². The van der Waals surface area contributed by atoms with E-state index in [1.807, 2.05) is 33.7 Å². The molecule has 4 aliphatic rings. The molecule has 3 aliphatic carbocycles. The number of fused-ring (bicyclic) bond motifs is 3. The Balaban J connectivity index is 1.27. The number of pyridine rings is 1. The average molecular weight is 438 g/mol. The quantitative estimate of drug-likeness (QED) is 0.753. The van der Waals surface area contributed by atoms with Crippen molar-refractivity contribution in [1.29, 1.82) is 0 Å². The molecule has 3 saturated carbocycles. The number of rotatable bonds is 5. The van der Waals surface area contributed by atoms with Gasteiger partial charge in [0.15, 0.2) is 0 Å². The number of hydrogen-bond acceptors (Lipinski definition) is 4. The van der Waals surface area contributed by atoms with Crippen LogP contribution >= 0.6 is 0 Å². The van der Waals surface area contributed by atoms with E-state index in [1.54, 1.807) is 0 Å². The summed E-state index contributed by atoms with van der Waals surface area (Å²) in [4.78, 5) is 32.4. The summed E-state index contributed by atoms with van der Waals surface area (Å²) in [7, 11) is 0. The van der Waals surface area contributed by atoms with Gasteiger partial charge in [0.1, 0.15) is 11.3 Å². The highest BCUT2D eigenvalue weighted by molar-refractivity contribution is 5.93. The third kappa shape index (κ3) is 3.70. The summed E-state index contributed by atoms with van der Waals surface area (Å²) >= 11 is 0. The molecule has 7 heteroatoms. The van der Waals surface area contributed by atoms with Crippen LogP contribution in [0.4, 0.5) is 0 Å². The molecule has 7 nitrogen and oxygen atoms in total. The van der Waals surface area contributed by atoms with E-state index in [-0.39, 0.29) is 24.3 Å². The number of amides is 2. The second-order valence-electron chi connectivity index (χ2n) is 10.6. The SMILES string of the molecule is C[C@@H]1CNCCN1C(=O)Cc1cn2c(C(=O)NC[C@@H]3CC[C@@H]4C[C@H]3C4(C)C)cccc2n1. The molecule has 2 amide bonds. The largest absolute Gasteiger partial charge is 0.350 e. The van der Waals surface area contributed by atoms with Crippen molar-refractivity contribution in [3.05, 3.63) is 35.8 Å². The lowest BCUT2D eigenvalue weighted by molar-refractivity contribution is -0.133. The van der Waals surface area contributed by atoms with Gasteiger partial charge in [0.2, 0.25) is 5.91 Å². The molecule has 0 spiro atoms. The van der Waals surface area contributed by atoms with Crippen LogP contribution in [0.1, 0.15) is 56.2 Å². The minimum atomic E-state index is -0.0687. The minimum absolute atomic E-state index is 0.0687. The van der Waals surface area contributed by atoms with Crippen LogP contribution in [0.3, 0.4) is 0 Å². The van der Waals surface area contributed by atoms with Crippen molar-refractivity contribution >= 4 is 17.5 Å². The molecule has 2 aromatic heterocycles. The molecule has 0 radical (unpaired) electrons. The average Bonchev–Trinajstić information content (AvgIpc) is 3.20. The second kappa shape index (κ2) is 8.18. The molecular formula is C25H35N5O2. The minimum Gasteiger partial charge on any atom is -0.350 e. The Morgan fingerprint density at radius 3 is 2.88 bits per heavy atom. The van der Waals surface area contributed by atoms with E-state index >= 15 is 0 Å². The Hall–Kier alpha value is -2.41. The van der Waals surface area contributed by atoms with Crippen molar-refractivity contribution in [2.75, 3.05) is 26.2 Å². The predicted octanol–water partition coefficient (Wildman–Crippen LogP) is 2.50. The van der Waals surface area contributed by atoms with Crippen LogP contribution in [0, 0.1) is 23.2 Å². The third-order valence-electron chi connectivity index (χ3n) is 8.45. The van der Waals surface area contributed by atoms with E-state index < -0.39 is 0 Å². The van der Waals surface area contributed by atoms with Gasteiger partial charge in [-0.2, -0.15) is 0 Å². The number of hydrogen-bond donors (Lipinski definition) is 2. The van der Waals surface area contributed by atoms with Crippen LogP contribution in [0.25, 0.3) is 5.65 Å². The highest BCUT2D eigenvalue weighted by atomic mass is 16.2. The van der Waals surface area contributed by atoms with Gasteiger partial charge < -0.3 is 15.5 Å². The molecule has 0 aromatic carbocycles. The van der Waals surface area contributed by atoms with Crippen LogP contribution < -0.4 is 10.6 Å². The maximum absolute atomic E-state index is 13.1. The lowest BCUT2D eigenvalue weighted by atomic mass is 9.45. The highest BCUT2D eigenvalue weighted by Gasteiger charge is 2.53. The summed E-state index contributed by atoms with van der Waals surface area (Å²) in [6.45, 7) is 9.93. The molecule has 1 saturated heterocycles. The van der Waals surface area contributed by atoms with E-state index in [1.165, 1.54) is 19.3 Å². The lowest BCUT2D eigenvalue weighted by Crippen LogP contribution is -2.54. The van der Waals surface area contributed by atoms with Gasteiger partial charge in [-0.1, -0.05) is 19.9 Å². The van der Waals surface area contributed by atoms with E-state index in [0.29, 0.717) is 28.4 Å². The maximum Gasteiger partial charge on any atom is 0.268 e. The first-order valence-electron chi connectivity index (χ1n) is 12.1. The number of carbonyl (C=O) groups is 2. The lowest BCUT2D eigenvalue weighted by Gasteiger charge is -2.60. The van der Waals surface area contributed by atoms with Gasteiger partial charge in [-0.05, 0) is 61.5 Å². The monoisotopic (exact) mass is 437 g/mol. The molecule has 4 fully saturated rings. The maximum atomic E-state index is 13.1. The first-order valence-corrected chi connectivity index (χ1v) is 12.1. The predicted molar refractivity (Wildman–Crippen MR) is 123 cm³/mol. The fourth-order valence-corrected chi connectivity index (χ4v) is 6.32. The van der Waals surface area contributed by atoms with E-state index in [4.69, 9.17) is 0 Å². The van der Waals surface area contributed by atoms with Crippen molar-refractivity contribution < 1.29 is 9.59 Å². The van der Waals surface area contributed by atoms with Crippen molar-refractivity contribution in [2.45, 2.75) is 52.5 Å². The number of carbonyl (C=O) groups excluding carboxylic acids is 2. The summed E-state index contributed by atoms with van der Waals surface area (Å²) in [5.74, 6) is 2.17. The summed E-state index contributed by atoms with van der Waals surface area (Å²) in [5.41, 5.74) is 2.40. The van der Waals surface area contributed by atoms with E-state index in [2.05, 4.69) is 36.4 Å². The van der Waals surface area contributed by atoms with Crippen LogP contribution in [0.15, 0.2) is 24.4 Å². The van der Waals surface area contributed by atoms with Crippen LogP contribution in [0.2, 0.25) is 0 Å². The van der Waals surface area contributed by atoms with Crippen molar-refractivity contribution in [2.24, 2.45) is 23.2 Å². The number of imidazole rings is 1. The second-order valence-corrected chi connectivity index (χ2v) is 10.6. The standard InChI is InChI=1S/C25H35N5O2/c1-16-13-26-9-10-29(16)23(31)12-19-15-30-21(5-4-6-22(30)28-19)24(32)27-14-17-7-8-18-11-20(17)25(18,2)3/h4-6,15-18,20,26H,7-14H2,1-3H3,(H,27,32)/t16-,17+,18-,20-/m1/s1. The summed E-state index contributed by atoms with van der Waals surface area (Å²) in [6.07, 6.45) is 5.91. The van der Waals surface area contributed by atoms with Gasteiger partial charge in [0.05, 0.1) is 12.1 Å². The Bertz CT molecular complexity index is 1030. The first kappa shape index (κ1) is 21.4. The molecule has 0 unspecified atom stereocenters. The number of nitrogens with zero attached hydrogens (tertiary/aromatic N) is 3. The summed E-state index contributed by atoms with van der Waals surface area (Å²) < 4.78 is 1.82. The normalized spacial score (nSPS) is 28.9. The first-order chi connectivity index (χ1) is 15.3. The zero-order valence-corrected chi connectivity index (χ0v) is 19.4. The van der Waals surface area contributed by atoms with Gasteiger partial charge >= 0.3 is 0 Å². The van der Waals surface area contributed by atoms with Crippen molar-refractivity contribution in [3.8, 4) is 0 Å². The Labute approximate surface area is 190 Å². The molecule has 2 bridgehead atoms. The molecular weight excluding hydrogens is 402 g/mol. The van der Waals surface area contributed by atoms with E-state index in [0.717, 1.165) is 38.0 Å². The Morgan fingerprint density at radius 2 is 2.12 bits per heavy atom. The van der Waals surface area contributed by atoms with Gasteiger partial charge in [-0.3, -0.25) is 14.0 Å². The number of piperazine rings is 1. The van der Waals surface area contributed by atoms with Crippen LogP contribution in [-0.2, 0) is 11.2 Å². The van der Waals surface area contributed by atoms with E-state index in [9.17, 15) is 9.59 Å². The molecule has 3 heterocycles. The molecule has 2 aromatic rings. The highest BCUT2D eigenvalue weighted by Crippen LogP contribution is 2.61. The zero-order chi connectivity index (χ0) is 22.5. The molecule has 1 aliphatic heterocycles. The number of nitrogens with one attached hydrogen (secondary N) is 2. The van der Waals surface area contributed by atoms with Crippen LogP contribution in [-0.4, -0.2) is 58.3 Å². The third-order valence-corrected chi connectivity index (χ3v) is 8.45. The fraction of sp³-hybridized carbons (Fsp3) is 0.640. The summed E-state index contributed by atoms with van der Waals surface area (Å²) in [5, 5.41) is 6.50. The van der Waals surface area contributed by atoms with Gasteiger partial charge in [-0.25, -0.2) is 4.98 Å². The summed E-state index contributed by atoms with van der Waals surface area (Å²) in [6, 6.07) is 5.76. The van der Waals surface area contributed by atoms with Gasteiger partial charge in [-0.15, -0.1) is 0 Å². The Kier molecular flexibility index (Phi) is 5.48.